The van der Waals surface area contributed by atoms with Gasteiger partial charge in [-0.3, -0.25) is 14.0 Å². The lowest BCUT2D eigenvalue weighted by atomic mass is 10.1. The largest absolute Gasteiger partial charge is 0.438 e. The second-order valence-corrected chi connectivity index (χ2v) is 6.96. The number of nitriles is 1. The molecule has 3 aromatic rings. The van der Waals surface area contributed by atoms with Crippen molar-refractivity contribution in [2.45, 2.75) is 20.3 Å². The van der Waals surface area contributed by atoms with Crippen LogP contribution in [-0.2, 0) is 9.53 Å². The molecule has 1 amide bonds. The van der Waals surface area contributed by atoms with E-state index >= 15 is 0 Å². The quantitative estimate of drug-likeness (QED) is 0.316. The first-order valence-electron chi connectivity index (χ1n) is 10.3. The first-order chi connectivity index (χ1) is 15.5. The number of nitrogens with zero attached hydrogens (tertiary/aromatic N) is 3. The van der Waals surface area contributed by atoms with Crippen LogP contribution >= 0.6 is 0 Å². The Balaban J connectivity index is 1.98. The van der Waals surface area contributed by atoms with Gasteiger partial charge >= 0.3 is 0 Å². The highest BCUT2D eigenvalue weighted by Gasteiger charge is 2.17. The molecule has 0 radical (unpaired) electrons. The minimum Gasteiger partial charge on any atom is -0.438 e. The fraction of sp³-hybridized carbons (Fsp3) is 0.250. The van der Waals surface area contributed by atoms with Crippen LogP contribution in [0, 0.1) is 18.3 Å². The average molecular weight is 432 g/mol. The van der Waals surface area contributed by atoms with Gasteiger partial charge in [0.15, 0.2) is 0 Å². The number of hydrogen-bond acceptors (Lipinski definition) is 6. The van der Waals surface area contributed by atoms with E-state index in [0.29, 0.717) is 37.6 Å². The van der Waals surface area contributed by atoms with Gasteiger partial charge in [0, 0.05) is 26.0 Å². The molecule has 0 spiro atoms. The van der Waals surface area contributed by atoms with Crippen molar-refractivity contribution < 1.29 is 14.3 Å². The maximum Gasteiger partial charge on any atom is 0.269 e. The Bertz CT molecular complexity index is 1220. The summed E-state index contributed by atoms with van der Waals surface area (Å²) in [4.78, 5) is 30.1. The van der Waals surface area contributed by atoms with Gasteiger partial charge in [0.1, 0.15) is 28.6 Å². The van der Waals surface area contributed by atoms with Crippen molar-refractivity contribution in [1.29, 1.82) is 5.26 Å². The molecule has 0 aliphatic heterocycles. The molecule has 3 rings (SSSR count). The lowest BCUT2D eigenvalue weighted by Gasteiger charge is -2.10. The first-order valence-corrected chi connectivity index (χ1v) is 10.3. The molecule has 1 N–H and O–H groups in total. The highest BCUT2D eigenvalue weighted by atomic mass is 16.5. The van der Waals surface area contributed by atoms with E-state index in [1.165, 1.54) is 10.5 Å². The van der Waals surface area contributed by atoms with Crippen LogP contribution in [0.3, 0.4) is 0 Å². The molecule has 0 saturated heterocycles. The van der Waals surface area contributed by atoms with Gasteiger partial charge in [-0.1, -0.05) is 23.8 Å². The molecule has 0 saturated carbocycles. The van der Waals surface area contributed by atoms with Crippen LogP contribution in [0.5, 0.6) is 11.6 Å². The smallest absolute Gasteiger partial charge is 0.269 e. The average Bonchev–Trinajstić information content (AvgIpc) is 2.80. The summed E-state index contributed by atoms with van der Waals surface area (Å²) >= 11 is 0. The number of benzene rings is 1. The Kier molecular flexibility index (Phi) is 7.73. The van der Waals surface area contributed by atoms with Crippen molar-refractivity contribution in [3.63, 3.8) is 0 Å². The van der Waals surface area contributed by atoms with Crippen molar-refractivity contribution in [2.75, 3.05) is 19.8 Å². The SMILES string of the molecule is CCOCCCNC(=O)/C(C#N)=C/c1c(Oc2ccc(C)cc2)nc2ccccn2c1=O. The van der Waals surface area contributed by atoms with Crippen LogP contribution in [0.15, 0.2) is 59.0 Å². The lowest BCUT2D eigenvalue weighted by molar-refractivity contribution is -0.117. The Morgan fingerprint density at radius 3 is 2.75 bits per heavy atom. The van der Waals surface area contributed by atoms with Gasteiger partial charge in [-0.05, 0) is 50.6 Å². The Labute approximate surface area is 185 Å². The highest BCUT2D eigenvalue weighted by Crippen LogP contribution is 2.24. The minimum absolute atomic E-state index is 0.00953. The van der Waals surface area contributed by atoms with Gasteiger partial charge in [0.25, 0.3) is 11.5 Å². The van der Waals surface area contributed by atoms with E-state index < -0.39 is 11.5 Å². The molecule has 0 aliphatic rings. The van der Waals surface area contributed by atoms with Crippen LogP contribution in [0.2, 0.25) is 0 Å². The van der Waals surface area contributed by atoms with Gasteiger partial charge in [-0.2, -0.15) is 10.2 Å². The Hall–Kier alpha value is -3.96. The second-order valence-electron chi connectivity index (χ2n) is 6.96. The number of nitrogens with one attached hydrogen (secondary N) is 1. The van der Waals surface area contributed by atoms with Gasteiger partial charge in [-0.25, -0.2) is 0 Å². The molecule has 1 aromatic carbocycles. The maximum absolute atomic E-state index is 13.1. The number of fused-ring (bicyclic) bond motifs is 1. The van der Waals surface area contributed by atoms with Crippen LogP contribution in [-0.4, -0.2) is 35.1 Å². The minimum atomic E-state index is -0.581. The topological polar surface area (TPSA) is 106 Å². The van der Waals surface area contributed by atoms with Crippen LogP contribution in [0.1, 0.15) is 24.5 Å². The first kappa shape index (κ1) is 22.7. The third kappa shape index (κ3) is 5.59. The number of amides is 1. The Morgan fingerprint density at radius 2 is 2.03 bits per heavy atom. The van der Waals surface area contributed by atoms with Gasteiger partial charge in [0.05, 0.1) is 0 Å². The van der Waals surface area contributed by atoms with E-state index in [2.05, 4.69) is 10.3 Å². The Morgan fingerprint density at radius 1 is 1.25 bits per heavy atom. The summed E-state index contributed by atoms with van der Waals surface area (Å²) in [5, 5.41) is 12.2. The fourth-order valence-electron chi connectivity index (χ4n) is 2.91. The molecule has 0 unspecified atom stereocenters. The number of ether oxygens (including phenoxy) is 2. The van der Waals surface area contributed by atoms with Crippen LogP contribution in [0.4, 0.5) is 0 Å². The monoisotopic (exact) mass is 432 g/mol. The predicted molar refractivity (Wildman–Crippen MR) is 120 cm³/mol. The number of carbonyl (C=O) groups is 1. The summed E-state index contributed by atoms with van der Waals surface area (Å²) in [6.07, 6.45) is 3.40. The van der Waals surface area contributed by atoms with Crippen LogP contribution in [0.25, 0.3) is 11.7 Å². The van der Waals surface area contributed by atoms with Crippen molar-refractivity contribution in [3.8, 4) is 17.7 Å². The van der Waals surface area contributed by atoms with Gasteiger partial charge in [-0.15, -0.1) is 0 Å². The summed E-state index contributed by atoms with van der Waals surface area (Å²) in [5.74, 6) is -0.0823. The predicted octanol–water partition coefficient (Wildman–Crippen LogP) is 3.25. The molecule has 164 valence electrons. The normalized spacial score (nSPS) is 11.2. The highest BCUT2D eigenvalue weighted by molar-refractivity contribution is 6.01. The molecule has 0 bridgehead atoms. The van der Waals surface area contributed by atoms with E-state index in [1.54, 1.807) is 36.5 Å². The van der Waals surface area contributed by atoms with E-state index in [-0.39, 0.29) is 17.0 Å². The number of carbonyl (C=O) groups excluding carboxylic acids is 1. The summed E-state index contributed by atoms with van der Waals surface area (Å²) in [7, 11) is 0. The molecule has 8 heteroatoms. The summed E-state index contributed by atoms with van der Waals surface area (Å²) in [6, 6.07) is 14.2. The van der Waals surface area contributed by atoms with Crippen LogP contribution < -0.4 is 15.6 Å². The number of rotatable bonds is 9. The van der Waals surface area contributed by atoms with E-state index in [4.69, 9.17) is 9.47 Å². The molecular formula is C24H24N4O4. The molecule has 0 fully saturated rings. The van der Waals surface area contributed by atoms with E-state index in [9.17, 15) is 14.9 Å². The van der Waals surface area contributed by atoms with Crippen molar-refractivity contribution >= 4 is 17.6 Å². The third-order valence-corrected chi connectivity index (χ3v) is 4.58. The summed E-state index contributed by atoms with van der Waals surface area (Å²) < 4.78 is 12.4. The third-order valence-electron chi connectivity index (χ3n) is 4.58. The van der Waals surface area contributed by atoms with E-state index in [1.807, 2.05) is 32.0 Å². The standard InChI is InChI=1S/C24H24N4O4/c1-3-31-14-6-12-26-22(29)18(16-25)15-20-23(32-19-10-8-17(2)9-11-19)27-21-7-4-5-13-28(21)24(20)30/h4-5,7-11,13,15H,3,6,12,14H2,1-2H3,(H,26,29)/b18-15+. The van der Waals surface area contributed by atoms with Gasteiger partial charge in [0.2, 0.25) is 5.88 Å². The molecule has 2 heterocycles. The number of aromatic nitrogens is 2. The zero-order valence-electron chi connectivity index (χ0n) is 18.0. The lowest BCUT2D eigenvalue weighted by Crippen LogP contribution is -2.27. The molecule has 32 heavy (non-hydrogen) atoms. The maximum atomic E-state index is 13.1. The van der Waals surface area contributed by atoms with Crippen molar-refractivity contribution in [3.05, 3.63) is 75.7 Å². The van der Waals surface area contributed by atoms with Gasteiger partial charge < -0.3 is 14.8 Å². The zero-order chi connectivity index (χ0) is 22.9. The summed E-state index contributed by atoms with van der Waals surface area (Å²) in [5.41, 5.74) is 0.780. The van der Waals surface area contributed by atoms with E-state index in [0.717, 1.165) is 5.56 Å². The number of pyridine rings is 1. The summed E-state index contributed by atoms with van der Waals surface area (Å²) in [6.45, 7) is 5.29. The zero-order valence-corrected chi connectivity index (χ0v) is 18.0. The molecular weight excluding hydrogens is 408 g/mol. The molecule has 0 aliphatic carbocycles. The number of hydrogen-bond donors (Lipinski definition) is 1. The number of aryl methyl sites for hydroxylation is 1. The molecule has 8 nitrogen and oxygen atoms in total. The van der Waals surface area contributed by atoms with Crippen molar-refractivity contribution in [2.24, 2.45) is 0 Å². The molecule has 2 aromatic heterocycles. The molecule has 0 atom stereocenters. The second kappa shape index (κ2) is 10.9. The fourth-order valence-corrected chi connectivity index (χ4v) is 2.91. The van der Waals surface area contributed by atoms with Crippen molar-refractivity contribution in [1.82, 2.24) is 14.7 Å².